The van der Waals surface area contributed by atoms with Crippen LogP contribution in [-0.2, 0) is 11.3 Å². The van der Waals surface area contributed by atoms with Crippen molar-refractivity contribution in [2.45, 2.75) is 39.8 Å². The summed E-state index contributed by atoms with van der Waals surface area (Å²) in [6.45, 7) is 7.10. The van der Waals surface area contributed by atoms with E-state index in [1.807, 2.05) is 19.9 Å². The van der Waals surface area contributed by atoms with E-state index in [1.54, 1.807) is 0 Å². The number of aryl methyl sites for hydroxylation is 1. The topological polar surface area (TPSA) is 61.0 Å². The first kappa shape index (κ1) is 12.1. The van der Waals surface area contributed by atoms with Crippen LogP contribution in [-0.4, -0.2) is 16.6 Å². The molecule has 0 aliphatic rings. The maximum absolute atomic E-state index is 5.57. The van der Waals surface area contributed by atoms with Gasteiger partial charge >= 0.3 is 0 Å². The summed E-state index contributed by atoms with van der Waals surface area (Å²) < 4.78 is 5.57. The summed E-state index contributed by atoms with van der Waals surface area (Å²) in [6, 6.07) is 1.90. The van der Waals surface area contributed by atoms with Gasteiger partial charge in [-0.05, 0) is 26.3 Å². The summed E-state index contributed by atoms with van der Waals surface area (Å²) >= 11 is 0. The summed E-state index contributed by atoms with van der Waals surface area (Å²) in [7, 11) is 0. The van der Waals surface area contributed by atoms with Crippen molar-refractivity contribution in [2.75, 3.05) is 6.61 Å². The minimum atomic E-state index is -0.0137. The Morgan fingerprint density at radius 2 is 2.13 bits per heavy atom. The third-order valence-electron chi connectivity index (χ3n) is 2.16. The first-order valence-electron chi connectivity index (χ1n) is 5.37. The minimum absolute atomic E-state index is 0.0137. The van der Waals surface area contributed by atoms with Crippen molar-refractivity contribution in [3.63, 3.8) is 0 Å². The van der Waals surface area contributed by atoms with Crippen LogP contribution in [0.1, 0.15) is 43.6 Å². The molecule has 0 saturated carbocycles. The molecular weight excluding hydrogens is 190 g/mol. The summed E-state index contributed by atoms with van der Waals surface area (Å²) in [5, 5.41) is 0. The van der Waals surface area contributed by atoms with Crippen LogP contribution in [0, 0.1) is 6.92 Å². The molecule has 1 aromatic rings. The molecule has 1 atom stereocenters. The third-order valence-corrected chi connectivity index (χ3v) is 2.16. The van der Waals surface area contributed by atoms with Crippen LogP contribution in [0.15, 0.2) is 6.07 Å². The van der Waals surface area contributed by atoms with E-state index in [9.17, 15) is 0 Å². The summed E-state index contributed by atoms with van der Waals surface area (Å²) in [5.41, 5.74) is 7.39. The molecule has 1 heterocycles. The first-order valence-corrected chi connectivity index (χ1v) is 5.37. The van der Waals surface area contributed by atoms with Crippen molar-refractivity contribution < 1.29 is 4.74 Å². The van der Waals surface area contributed by atoms with Crippen molar-refractivity contribution in [1.29, 1.82) is 0 Å². The van der Waals surface area contributed by atoms with Crippen LogP contribution in [0.2, 0.25) is 0 Å². The van der Waals surface area contributed by atoms with Crippen molar-refractivity contribution in [2.24, 2.45) is 5.73 Å². The predicted molar refractivity (Wildman–Crippen MR) is 59.3 cm³/mol. The molecule has 0 fully saturated rings. The average molecular weight is 209 g/mol. The van der Waals surface area contributed by atoms with E-state index in [0.717, 1.165) is 23.6 Å². The number of nitrogens with two attached hydrogens (primary N) is 1. The zero-order valence-corrected chi connectivity index (χ0v) is 9.66. The maximum Gasteiger partial charge on any atom is 0.157 e. The molecule has 1 rings (SSSR count). The van der Waals surface area contributed by atoms with Gasteiger partial charge in [0.2, 0.25) is 0 Å². The molecule has 4 heteroatoms. The summed E-state index contributed by atoms with van der Waals surface area (Å²) in [4.78, 5) is 8.76. The van der Waals surface area contributed by atoms with Crippen molar-refractivity contribution in [1.82, 2.24) is 9.97 Å². The fourth-order valence-electron chi connectivity index (χ4n) is 1.48. The number of rotatable bonds is 5. The van der Waals surface area contributed by atoms with E-state index in [2.05, 4.69) is 16.9 Å². The Morgan fingerprint density at radius 1 is 1.40 bits per heavy atom. The highest BCUT2D eigenvalue weighted by Crippen LogP contribution is 2.17. The predicted octanol–water partition coefficient (Wildman–Crippen LogP) is 1.73. The van der Waals surface area contributed by atoms with Crippen LogP contribution in [0.5, 0.6) is 0 Å². The molecule has 4 nitrogen and oxygen atoms in total. The van der Waals surface area contributed by atoms with Gasteiger partial charge < -0.3 is 10.5 Å². The van der Waals surface area contributed by atoms with E-state index in [-0.39, 0.29) is 6.10 Å². The summed E-state index contributed by atoms with van der Waals surface area (Å²) in [6.07, 6.45) is 0.863. The summed E-state index contributed by atoms with van der Waals surface area (Å²) in [5.74, 6) is 0.750. The molecule has 0 saturated heterocycles. The second-order valence-corrected chi connectivity index (χ2v) is 3.42. The first-order chi connectivity index (χ1) is 7.21. The second kappa shape index (κ2) is 5.78. The molecule has 2 N–H and O–H groups in total. The van der Waals surface area contributed by atoms with Gasteiger partial charge in [0.1, 0.15) is 6.10 Å². The lowest BCUT2D eigenvalue weighted by Crippen LogP contribution is -2.12. The molecule has 0 spiro atoms. The Hall–Kier alpha value is -1.00. The van der Waals surface area contributed by atoms with Gasteiger partial charge in [-0.25, -0.2) is 9.97 Å². The van der Waals surface area contributed by atoms with Gasteiger partial charge in [-0.2, -0.15) is 0 Å². The smallest absolute Gasteiger partial charge is 0.157 e. The zero-order chi connectivity index (χ0) is 11.3. The lowest BCUT2D eigenvalue weighted by atomic mass is 10.2. The molecule has 0 bridgehead atoms. The highest BCUT2D eigenvalue weighted by molar-refractivity contribution is 5.11. The quantitative estimate of drug-likeness (QED) is 0.802. The Labute approximate surface area is 90.9 Å². The van der Waals surface area contributed by atoms with E-state index in [1.165, 1.54) is 0 Å². The van der Waals surface area contributed by atoms with Crippen molar-refractivity contribution in [3.05, 3.63) is 23.3 Å². The Balaban J connectivity index is 2.95. The highest BCUT2D eigenvalue weighted by atomic mass is 16.5. The number of hydrogen-bond donors (Lipinski definition) is 1. The van der Waals surface area contributed by atoms with Gasteiger partial charge in [-0.1, -0.05) is 6.92 Å². The molecule has 84 valence electrons. The largest absolute Gasteiger partial charge is 0.371 e. The van der Waals surface area contributed by atoms with E-state index < -0.39 is 0 Å². The second-order valence-electron chi connectivity index (χ2n) is 3.42. The van der Waals surface area contributed by atoms with Crippen LogP contribution in [0.4, 0.5) is 0 Å². The Bertz CT molecular complexity index is 315. The van der Waals surface area contributed by atoms with Crippen LogP contribution < -0.4 is 5.73 Å². The lowest BCUT2D eigenvalue weighted by molar-refractivity contribution is 0.0532. The molecule has 15 heavy (non-hydrogen) atoms. The maximum atomic E-state index is 5.57. The van der Waals surface area contributed by atoms with E-state index >= 15 is 0 Å². The molecule has 0 aliphatic carbocycles. The Kier molecular flexibility index (Phi) is 4.65. The third kappa shape index (κ3) is 3.25. The molecule has 0 amide bonds. The number of ether oxygens (including phenoxy) is 1. The fraction of sp³-hybridized carbons (Fsp3) is 0.636. The Morgan fingerprint density at radius 3 is 2.67 bits per heavy atom. The monoisotopic (exact) mass is 209 g/mol. The van der Waals surface area contributed by atoms with Gasteiger partial charge in [-0.3, -0.25) is 0 Å². The van der Waals surface area contributed by atoms with Crippen LogP contribution >= 0.6 is 0 Å². The molecule has 1 unspecified atom stereocenters. The molecular formula is C11H19N3O. The van der Waals surface area contributed by atoms with Gasteiger partial charge in [0, 0.05) is 18.8 Å². The molecule has 0 aromatic carbocycles. The number of hydrogen-bond acceptors (Lipinski definition) is 4. The van der Waals surface area contributed by atoms with Crippen molar-refractivity contribution >= 4 is 0 Å². The van der Waals surface area contributed by atoms with Crippen LogP contribution in [0.3, 0.4) is 0 Å². The SMILES string of the molecule is CCOC(CC)c1nc(C)cc(CN)n1. The molecule has 0 aliphatic heterocycles. The zero-order valence-electron chi connectivity index (χ0n) is 9.66. The van der Waals surface area contributed by atoms with Gasteiger partial charge in [0.05, 0.1) is 5.69 Å². The van der Waals surface area contributed by atoms with Gasteiger partial charge in [0.25, 0.3) is 0 Å². The fourth-order valence-corrected chi connectivity index (χ4v) is 1.48. The minimum Gasteiger partial charge on any atom is -0.371 e. The van der Waals surface area contributed by atoms with Crippen LogP contribution in [0.25, 0.3) is 0 Å². The van der Waals surface area contributed by atoms with Gasteiger partial charge in [-0.15, -0.1) is 0 Å². The standard InChI is InChI=1S/C11H19N3O/c1-4-10(15-5-2)11-13-8(3)6-9(7-12)14-11/h6,10H,4-5,7,12H2,1-3H3. The molecule has 1 aromatic heterocycles. The lowest BCUT2D eigenvalue weighted by Gasteiger charge is -2.14. The molecule has 0 radical (unpaired) electrons. The normalized spacial score (nSPS) is 12.8. The average Bonchev–Trinajstić information content (AvgIpc) is 2.24. The number of nitrogens with zero attached hydrogens (tertiary/aromatic N) is 2. The van der Waals surface area contributed by atoms with Gasteiger partial charge in [0.15, 0.2) is 5.82 Å². The van der Waals surface area contributed by atoms with E-state index in [4.69, 9.17) is 10.5 Å². The van der Waals surface area contributed by atoms with E-state index in [0.29, 0.717) is 13.2 Å². The highest BCUT2D eigenvalue weighted by Gasteiger charge is 2.13. The number of aromatic nitrogens is 2. The van der Waals surface area contributed by atoms with Crippen molar-refractivity contribution in [3.8, 4) is 0 Å².